The maximum atomic E-state index is 10.6. The Morgan fingerprint density at radius 3 is 2.80 bits per heavy atom. The average molecular weight is 147 g/mol. The van der Waals surface area contributed by atoms with E-state index in [4.69, 9.17) is 9.94 Å². The zero-order valence-corrected chi connectivity index (χ0v) is 6.26. The van der Waals surface area contributed by atoms with Gasteiger partial charge in [0.15, 0.2) is 5.76 Å². The van der Waals surface area contributed by atoms with Crippen LogP contribution in [0.3, 0.4) is 0 Å². The molecule has 0 aliphatic carbocycles. The van der Waals surface area contributed by atoms with Crippen LogP contribution in [0.1, 0.15) is 13.8 Å². The predicted molar refractivity (Wildman–Crippen MR) is 36.8 cm³/mol. The molecule has 0 aromatic heterocycles. The molecule has 0 heterocycles. The second-order valence-electron chi connectivity index (χ2n) is 1.85. The fourth-order valence-electron chi connectivity index (χ4n) is 0.381. The van der Waals surface area contributed by atoms with Crippen LogP contribution in [-0.2, 0) is 4.84 Å². The van der Waals surface area contributed by atoms with Crippen LogP contribution in [0.2, 0.25) is 0 Å². The van der Waals surface area contributed by atoms with Crippen molar-refractivity contribution >= 4 is 0 Å². The third-order valence-electron chi connectivity index (χ3n) is 0.997. The molecule has 0 amide bonds. The molecule has 10 heavy (non-hydrogen) atoms. The van der Waals surface area contributed by atoms with E-state index in [1.165, 1.54) is 0 Å². The molecule has 0 fully saturated rings. The minimum Gasteiger partial charge on any atom is -0.591 e. The predicted octanol–water partition coefficient (Wildman–Crippen LogP) is -0.783. The van der Waals surface area contributed by atoms with Gasteiger partial charge in [0, 0.05) is 0 Å². The minimum absolute atomic E-state index is 0.0607. The van der Waals surface area contributed by atoms with Gasteiger partial charge < -0.3 is 15.2 Å². The molecule has 2 N–H and O–H groups in total. The maximum Gasteiger partial charge on any atom is 0.160 e. The van der Waals surface area contributed by atoms with Gasteiger partial charge in [-0.3, -0.25) is 0 Å². The smallest absolute Gasteiger partial charge is 0.160 e. The Kier molecular flexibility index (Phi) is 4.92. The zero-order valence-electron chi connectivity index (χ0n) is 6.26. The van der Waals surface area contributed by atoms with Crippen LogP contribution in [-0.4, -0.2) is 18.3 Å². The highest BCUT2D eigenvalue weighted by molar-refractivity contribution is 4.82. The summed E-state index contributed by atoms with van der Waals surface area (Å²) < 4.78 is 0. The fourth-order valence-corrected chi connectivity index (χ4v) is 0.381. The fraction of sp³-hybridized carbons (Fsp3) is 0.667. The molecule has 0 saturated heterocycles. The van der Waals surface area contributed by atoms with Crippen molar-refractivity contribution in [2.24, 2.45) is 0 Å². The lowest BCUT2D eigenvalue weighted by Crippen LogP contribution is -3.06. The number of nitrogens with one attached hydrogen (secondary N) is 1. The van der Waals surface area contributed by atoms with Crippen molar-refractivity contribution in [1.82, 2.24) is 0 Å². The Labute approximate surface area is 60.2 Å². The summed E-state index contributed by atoms with van der Waals surface area (Å²) in [5.74, 6) is 0.568. The molecule has 0 aromatic rings. The third-order valence-corrected chi connectivity index (χ3v) is 0.997. The highest BCUT2D eigenvalue weighted by Crippen LogP contribution is 1.85. The molecular weight excluding hydrogens is 134 g/mol. The topological polar surface area (TPSA) is 57.0 Å². The van der Waals surface area contributed by atoms with Crippen LogP contribution in [0, 0.1) is 5.21 Å². The first-order valence-corrected chi connectivity index (χ1v) is 3.15. The molecule has 0 radical (unpaired) electrons. The third kappa shape index (κ3) is 4.31. The van der Waals surface area contributed by atoms with Crippen molar-refractivity contribution in [3.05, 3.63) is 17.0 Å². The van der Waals surface area contributed by atoms with Gasteiger partial charge in [-0.15, -0.1) is 0 Å². The Bertz CT molecular complexity index is 114. The van der Waals surface area contributed by atoms with Crippen LogP contribution in [0.15, 0.2) is 11.8 Å². The van der Waals surface area contributed by atoms with Gasteiger partial charge >= 0.3 is 0 Å². The summed E-state index contributed by atoms with van der Waals surface area (Å²) in [7, 11) is 0. The number of hydrogen-bond acceptors (Lipinski definition) is 3. The Morgan fingerprint density at radius 2 is 2.40 bits per heavy atom. The zero-order chi connectivity index (χ0) is 7.98. The molecule has 4 heteroatoms. The number of hydroxylamine groups is 2. The minimum atomic E-state index is -0.391. The number of rotatable bonds is 4. The first-order chi connectivity index (χ1) is 4.70. The first kappa shape index (κ1) is 9.42. The first-order valence-electron chi connectivity index (χ1n) is 3.15. The van der Waals surface area contributed by atoms with Gasteiger partial charge in [-0.25, -0.2) is 0 Å². The van der Waals surface area contributed by atoms with E-state index >= 15 is 0 Å². The maximum absolute atomic E-state index is 10.6. The van der Waals surface area contributed by atoms with Crippen LogP contribution >= 0.6 is 0 Å². The molecule has 1 unspecified atom stereocenters. The van der Waals surface area contributed by atoms with Crippen LogP contribution in [0.4, 0.5) is 0 Å². The molecule has 0 aliphatic heterocycles. The summed E-state index contributed by atoms with van der Waals surface area (Å²) in [6, 6.07) is 0. The molecule has 4 nitrogen and oxygen atoms in total. The van der Waals surface area contributed by atoms with Crippen LogP contribution in [0.5, 0.6) is 0 Å². The quantitative estimate of drug-likeness (QED) is 0.405. The number of hydrogen-bond donors (Lipinski definition) is 2. The number of aliphatic hydroxyl groups excluding tert-OH is 1. The highest BCUT2D eigenvalue weighted by Gasteiger charge is 1.95. The van der Waals surface area contributed by atoms with Gasteiger partial charge in [0.05, 0.1) is 6.61 Å². The van der Waals surface area contributed by atoms with Crippen molar-refractivity contribution in [3.63, 3.8) is 0 Å². The summed E-state index contributed by atoms with van der Waals surface area (Å²) in [6.45, 7) is 3.37. The lowest BCUT2D eigenvalue weighted by atomic mass is 10.5. The Hall–Kier alpha value is -0.580. The van der Waals surface area contributed by atoms with Gasteiger partial charge in [0.2, 0.25) is 0 Å². The van der Waals surface area contributed by atoms with Crippen molar-refractivity contribution < 1.29 is 15.2 Å². The molecular formula is C6H13NO3. The standard InChI is InChI=1S/C6H13NO3/c1-3-6(2)10-7(9)4-5-8/h3,7-8H,4-5H2,1-2H3. The molecule has 0 spiro atoms. The van der Waals surface area contributed by atoms with E-state index in [9.17, 15) is 5.21 Å². The van der Waals surface area contributed by atoms with E-state index in [0.29, 0.717) is 5.76 Å². The van der Waals surface area contributed by atoms with Crippen molar-refractivity contribution in [2.45, 2.75) is 13.8 Å². The van der Waals surface area contributed by atoms with E-state index in [1.807, 2.05) is 0 Å². The van der Waals surface area contributed by atoms with E-state index in [2.05, 4.69) is 0 Å². The summed E-state index contributed by atoms with van der Waals surface area (Å²) in [5.41, 5.74) is 0. The highest BCUT2D eigenvalue weighted by atomic mass is 16.9. The van der Waals surface area contributed by atoms with Crippen LogP contribution in [0.25, 0.3) is 0 Å². The van der Waals surface area contributed by atoms with Gasteiger partial charge in [-0.05, 0) is 19.9 Å². The summed E-state index contributed by atoms with van der Waals surface area (Å²) in [4.78, 5) is 4.70. The monoisotopic (exact) mass is 147 g/mol. The second kappa shape index (κ2) is 5.22. The van der Waals surface area contributed by atoms with Gasteiger partial charge in [0.25, 0.3) is 0 Å². The van der Waals surface area contributed by atoms with Crippen LogP contribution < -0.4 is 5.23 Å². The van der Waals surface area contributed by atoms with Gasteiger partial charge in [-0.1, -0.05) is 0 Å². The normalized spacial score (nSPS) is 15.0. The largest absolute Gasteiger partial charge is 0.591 e. The van der Waals surface area contributed by atoms with E-state index in [1.54, 1.807) is 19.9 Å². The van der Waals surface area contributed by atoms with E-state index in [-0.39, 0.29) is 13.2 Å². The van der Waals surface area contributed by atoms with Crippen molar-refractivity contribution in [1.29, 1.82) is 0 Å². The lowest BCUT2D eigenvalue weighted by Gasteiger charge is -2.19. The molecule has 60 valence electrons. The second-order valence-corrected chi connectivity index (χ2v) is 1.85. The number of allylic oxidation sites excluding steroid dienone is 2. The molecule has 0 rings (SSSR count). The summed E-state index contributed by atoms with van der Waals surface area (Å²) in [5, 5.41) is 18.5. The summed E-state index contributed by atoms with van der Waals surface area (Å²) >= 11 is 0. The Morgan fingerprint density at radius 1 is 1.80 bits per heavy atom. The van der Waals surface area contributed by atoms with E-state index < -0.39 is 5.23 Å². The van der Waals surface area contributed by atoms with E-state index in [0.717, 1.165) is 0 Å². The molecule has 1 atom stereocenters. The Balaban J connectivity index is 3.47. The lowest BCUT2D eigenvalue weighted by molar-refractivity contribution is -1.04. The molecule has 0 aromatic carbocycles. The molecule has 0 saturated carbocycles. The van der Waals surface area contributed by atoms with Gasteiger partial charge in [0.1, 0.15) is 6.54 Å². The van der Waals surface area contributed by atoms with Crippen molar-refractivity contribution in [2.75, 3.05) is 13.2 Å². The van der Waals surface area contributed by atoms with Crippen molar-refractivity contribution in [3.8, 4) is 0 Å². The number of aliphatic hydroxyl groups is 1. The van der Waals surface area contributed by atoms with Gasteiger partial charge in [-0.2, -0.15) is 5.23 Å². The summed E-state index contributed by atoms with van der Waals surface area (Å²) in [6.07, 6.45) is 1.69. The SMILES string of the molecule is CC=C(C)O[NH+]([O-])CCO. The molecule has 0 bridgehead atoms. The number of quaternary nitrogens is 1. The average Bonchev–Trinajstić information content (AvgIpc) is 1.88. The molecule has 0 aliphatic rings.